The van der Waals surface area contributed by atoms with E-state index >= 15 is 0 Å². The van der Waals surface area contributed by atoms with E-state index in [4.69, 9.17) is 16.3 Å². The molecule has 0 aliphatic heterocycles. The van der Waals surface area contributed by atoms with Crippen LogP contribution in [0.4, 0.5) is 4.39 Å². The third-order valence-electron chi connectivity index (χ3n) is 3.25. The maximum absolute atomic E-state index is 12.7. The predicted molar refractivity (Wildman–Crippen MR) is 89.3 cm³/mol. The van der Waals surface area contributed by atoms with Crippen molar-refractivity contribution >= 4 is 17.5 Å². The van der Waals surface area contributed by atoms with Gasteiger partial charge < -0.3 is 10.1 Å². The van der Waals surface area contributed by atoms with Gasteiger partial charge in [0.1, 0.15) is 11.6 Å². The minimum Gasteiger partial charge on any atom is -0.494 e. The van der Waals surface area contributed by atoms with E-state index in [-0.39, 0.29) is 11.7 Å². The average Bonchev–Trinajstić information content (AvgIpc) is 2.54. The molecule has 0 spiro atoms. The summed E-state index contributed by atoms with van der Waals surface area (Å²) in [6.45, 7) is 1.15. The van der Waals surface area contributed by atoms with E-state index in [0.29, 0.717) is 30.3 Å². The first-order valence-electron chi connectivity index (χ1n) is 7.53. The molecule has 0 fully saturated rings. The number of benzene rings is 2. The molecule has 0 aliphatic rings. The van der Waals surface area contributed by atoms with Gasteiger partial charge in [-0.1, -0.05) is 23.7 Å². The fourth-order valence-electron chi connectivity index (χ4n) is 2.03. The number of ether oxygens (including phenoxy) is 1. The molecule has 23 heavy (non-hydrogen) atoms. The van der Waals surface area contributed by atoms with E-state index in [2.05, 4.69) is 5.32 Å². The minimum absolute atomic E-state index is 0.00762. The van der Waals surface area contributed by atoms with Gasteiger partial charge in [-0.2, -0.15) is 0 Å². The van der Waals surface area contributed by atoms with E-state index in [0.717, 1.165) is 18.4 Å². The number of unbranched alkanes of at least 4 members (excludes halogenated alkanes) is 1. The Balaban J connectivity index is 1.55. The third kappa shape index (κ3) is 6.70. The van der Waals surface area contributed by atoms with Gasteiger partial charge in [0.25, 0.3) is 0 Å². The highest BCUT2D eigenvalue weighted by Crippen LogP contribution is 2.11. The van der Waals surface area contributed by atoms with Crippen molar-refractivity contribution in [1.82, 2.24) is 5.32 Å². The van der Waals surface area contributed by atoms with Crippen LogP contribution in [-0.2, 0) is 11.2 Å². The summed E-state index contributed by atoms with van der Waals surface area (Å²) in [4.78, 5) is 11.8. The van der Waals surface area contributed by atoms with Crippen LogP contribution in [0.25, 0.3) is 0 Å². The van der Waals surface area contributed by atoms with Gasteiger partial charge in [-0.25, -0.2) is 4.39 Å². The molecular weight excluding hydrogens is 317 g/mol. The van der Waals surface area contributed by atoms with E-state index in [1.807, 2.05) is 12.1 Å². The Morgan fingerprint density at radius 2 is 1.74 bits per heavy atom. The van der Waals surface area contributed by atoms with Crippen molar-refractivity contribution in [3.8, 4) is 5.75 Å². The highest BCUT2D eigenvalue weighted by molar-refractivity contribution is 6.30. The number of halogens is 2. The number of rotatable bonds is 8. The molecule has 0 aliphatic carbocycles. The number of hydrogen-bond donors (Lipinski definition) is 1. The Morgan fingerprint density at radius 1 is 1.04 bits per heavy atom. The molecule has 1 amide bonds. The molecule has 0 saturated carbocycles. The van der Waals surface area contributed by atoms with Gasteiger partial charge in [0, 0.05) is 11.6 Å². The monoisotopic (exact) mass is 335 g/mol. The van der Waals surface area contributed by atoms with Gasteiger partial charge in [0.05, 0.1) is 13.0 Å². The molecule has 0 heterocycles. The second kappa shape index (κ2) is 9.16. The molecule has 122 valence electrons. The first-order valence-corrected chi connectivity index (χ1v) is 7.91. The zero-order valence-corrected chi connectivity index (χ0v) is 13.5. The largest absolute Gasteiger partial charge is 0.494 e. The van der Waals surface area contributed by atoms with Crippen molar-refractivity contribution in [1.29, 1.82) is 0 Å². The van der Waals surface area contributed by atoms with Crippen molar-refractivity contribution in [2.24, 2.45) is 0 Å². The second-order valence-corrected chi connectivity index (χ2v) is 5.60. The lowest BCUT2D eigenvalue weighted by molar-refractivity contribution is -0.120. The molecular formula is C18H19ClFNO2. The van der Waals surface area contributed by atoms with Crippen LogP contribution < -0.4 is 10.1 Å². The molecule has 0 aromatic heterocycles. The Morgan fingerprint density at radius 3 is 2.43 bits per heavy atom. The fraction of sp³-hybridized carbons (Fsp3) is 0.278. The quantitative estimate of drug-likeness (QED) is 0.741. The molecule has 0 radical (unpaired) electrons. The SMILES string of the molecule is O=C(Cc1ccc(Cl)cc1)NCCCCOc1ccc(F)cc1. The molecule has 0 saturated heterocycles. The number of hydrogen-bond acceptors (Lipinski definition) is 2. The molecule has 2 aromatic carbocycles. The summed E-state index contributed by atoms with van der Waals surface area (Å²) in [5.74, 6) is 0.366. The molecule has 5 heteroatoms. The van der Waals surface area contributed by atoms with E-state index < -0.39 is 0 Å². The zero-order valence-electron chi connectivity index (χ0n) is 12.7. The average molecular weight is 336 g/mol. The molecule has 2 aromatic rings. The predicted octanol–water partition coefficient (Wildman–Crippen LogP) is 4.00. The van der Waals surface area contributed by atoms with Gasteiger partial charge in [-0.15, -0.1) is 0 Å². The first kappa shape index (κ1) is 17.3. The minimum atomic E-state index is -0.277. The van der Waals surface area contributed by atoms with Gasteiger partial charge in [-0.3, -0.25) is 4.79 Å². The number of carbonyl (C=O) groups is 1. The Labute approximate surface area is 140 Å². The van der Waals surface area contributed by atoms with Crippen LogP contribution in [-0.4, -0.2) is 19.1 Å². The van der Waals surface area contributed by atoms with Crippen LogP contribution in [0, 0.1) is 5.82 Å². The Kier molecular flexibility index (Phi) is 6.88. The topological polar surface area (TPSA) is 38.3 Å². The van der Waals surface area contributed by atoms with Crippen LogP contribution in [0.5, 0.6) is 5.75 Å². The van der Waals surface area contributed by atoms with Crippen molar-refractivity contribution < 1.29 is 13.9 Å². The van der Waals surface area contributed by atoms with Crippen LogP contribution in [0.2, 0.25) is 5.02 Å². The lowest BCUT2D eigenvalue weighted by Gasteiger charge is -2.07. The van der Waals surface area contributed by atoms with Crippen molar-refractivity contribution in [2.75, 3.05) is 13.2 Å². The molecule has 3 nitrogen and oxygen atoms in total. The Bertz CT molecular complexity index is 614. The van der Waals surface area contributed by atoms with Crippen molar-refractivity contribution in [2.45, 2.75) is 19.3 Å². The summed E-state index contributed by atoms with van der Waals surface area (Å²) in [6, 6.07) is 13.2. The second-order valence-electron chi connectivity index (χ2n) is 5.16. The molecule has 0 unspecified atom stereocenters. The molecule has 2 rings (SSSR count). The highest BCUT2D eigenvalue weighted by atomic mass is 35.5. The number of nitrogens with one attached hydrogen (secondary N) is 1. The molecule has 1 N–H and O–H groups in total. The van der Waals surface area contributed by atoms with Gasteiger partial charge in [-0.05, 0) is 54.8 Å². The normalized spacial score (nSPS) is 10.3. The summed E-state index contributed by atoms with van der Waals surface area (Å²) in [6.07, 6.45) is 2.00. The maximum atomic E-state index is 12.7. The van der Waals surface area contributed by atoms with Crippen LogP contribution in [0.1, 0.15) is 18.4 Å². The Hall–Kier alpha value is -2.07. The van der Waals surface area contributed by atoms with E-state index in [9.17, 15) is 9.18 Å². The summed E-state index contributed by atoms with van der Waals surface area (Å²) in [5.41, 5.74) is 0.937. The summed E-state index contributed by atoms with van der Waals surface area (Å²) < 4.78 is 18.2. The van der Waals surface area contributed by atoms with E-state index in [1.54, 1.807) is 24.3 Å². The zero-order chi connectivity index (χ0) is 16.5. The smallest absolute Gasteiger partial charge is 0.224 e. The standard InChI is InChI=1S/C18H19ClFNO2/c19-15-5-3-14(4-6-15)13-18(22)21-11-1-2-12-23-17-9-7-16(20)8-10-17/h3-10H,1-2,11-13H2,(H,21,22). The number of amides is 1. The summed E-state index contributed by atoms with van der Waals surface area (Å²) >= 11 is 5.80. The van der Waals surface area contributed by atoms with Gasteiger partial charge >= 0.3 is 0 Å². The van der Waals surface area contributed by atoms with Crippen molar-refractivity contribution in [3.05, 3.63) is 64.9 Å². The fourth-order valence-corrected chi connectivity index (χ4v) is 2.15. The van der Waals surface area contributed by atoms with Crippen molar-refractivity contribution in [3.63, 3.8) is 0 Å². The van der Waals surface area contributed by atoms with E-state index in [1.165, 1.54) is 12.1 Å². The maximum Gasteiger partial charge on any atom is 0.224 e. The van der Waals surface area contributed by atoms with Gasteiger partial charge in [0.15, 0.2) is 0 Å². The lowest BCUT2D eigenvalue weighted by Crippen LogP contribution is -2.26. The number of carbonyl (C=O) groups excluding carboxylic acids is 1. The van der Waals surface area contributed by atoms with Crippen LogP contribution >= 0.6 is 11.6 Å². The van der Waals surface area contributed by atoms with Gasteiger partial charge in [0.2, 0.25) is 5.91 Å². The molecule has 0 bridgehead atoms. The molecule has 0 atom stereocenters. The van der Waals surface area contributed by atoms with Crippen LogP contribution in [0.15, 0.2) is 48.5 Å². The summed E-state index contributed by atoms with van der Waals surface area (Å²) in [5, 5.41) is 3.54. The van der Waals surface area contributed by atoms with Crippen LogP contribution in [0.3, 0.4) is 0 Å². The third-order valence-corrected chi connectivity index (χ3v) is 3.51. The highest BCUT2D eigenvalue weighted by Gasteiger charge is 2.02. The lowest BCUT2D eigenvalue weighted by atomic mass is 10.1. The summed E-state index contributed by atoms with van der Waals surface area (Å²) in [7, 11) is 0. The first-order chi connectivity index (χ1) is 11.1.